The molecule has 0 saturated carbocycles. The lowest BCUT2D eigenvalue weighted by Gasteiger charge is -2.39. The van der Waals surface area contributed by atoms with Gasteiger partial charge in [0.05, 0.1) is 0 Å². The highest BCUT2D eigenvalue weighted by molar-refractivity contribution is 5.78. The summed E-state index contributed by atoms with van der Waals surface area (Å²) >= 11 is 0. The van der Waals surface area contributed by atoms with Crippen molar-refractivity contribution in [2.75, 3.05) is 19.6 Å². The zero-order valence-electron chi connectivity index (χ0n) is 12.5. The lowest BCUT2D eigenvalue weighted by molar-refractivity contribution is -0.137. The van der Waals surface area contributed by atoms with Crippen LogP contribution in [0.4, 0.5) is 0 Å². The number of likely N-dealkylation sites (tertiary alicyclic amines) is 1. The van der Waals surface area contributed by atoms with Crippen LogP contribution >= 0.6 is 0 Å². The van der Waals surface area contributed by atoms with Gasteiger partial charge in [-0.25, -0.2) is 0 Å². The SMILES string of the molecule is CC(CCCN)C(=O)N1CCC(C(C)(C)C)CC1. The van der Waals surface area contributed by atoms with Crippen molar-refractivity contribution in [3.05, 3.63) is 0 Å². The Morgan fingerprint density at radius 1 is 1.33 bits per heavy atom. The van der Waals surface area contributed by atoms with Crippen LogP contribution in [0.1, 0.15) is 53.4 Å². The van der Waals surface area contributed by atoms with Crippen molar-refractivity contribution >= 4 is 5.91 Å². The van der Waals surface area contributed by atoms with Gasteiger partial charge in [-0.15, -0.1) is 0 Å². The molecule has 1 fully saturated rings. The quantitative estimate of drug-likeness (QED) is 0.838. The molecule has 1 saturated heterocycles. The van der Waals surface area contributed by atoms with Crippen LogP contribution < -0.4 is 5.73 Å². The van der Waals surface area contributed by atoms with E-state index in [2.05, 4.69) is 25.7 Å². The van der Waals surface area contributed by atoms with Crippen LogP contribution in [-0.2, 0) is 4.79 Å². The Hall–Kier alpha value is -0.570. The fourth-order valence-electron chi connectivity index (χ4n) is 2.83. The summed E-state index contributed by atoms with van der Waals surface area (Å²) in [7, 11) is 0. The highest BCUT2D eigenvalue weighted by Gasteiger charge is 2.31. The first kappa shape index (κ1) is 15.5. The van der Waals surface area contributed by atoms with E-state index < -0.39 is 0 Å². The molecule has 1 atom stereocenters. The van der Waals surface area contributed by atoms with Crippen LogP contribution in [0, 0.1) is 17.3 Å². The second kappa shape index (κ2) is 6.55. The fourth-order valence-corrected chi connectivity index (χ4v) is 2.83. The van der Waals surface area contributed by atoms with E-state index in [1.54, 1.807) is 0 Å². The summed E-state index contributed by atoms with van der Waals surface area (Å²) in [4.78, 5) is 14.3. The molecule has 1 amide bonds. The van der Waals surface area contributed by atoms with E-state index in [0.717, 1.165) is 44.7 Å². The summed E-state index contributed by atoms with van der Waals surface area (Å²) in [6, 6.07) is 0. The van der Waals surface area contributed by atoms with Crippen LogP contribution in [0.15, 0.2) is 0 Å². The Kier molecular flexibility index (Phi) is 5.64. The molecule has 0 aromatic rings. The van der Waals surface area contributed by atoms with Crippen molar-refractivity contribution in [2.45, 2.75) is 53.4 Å². The monoisotopic (exact) mass is 254 g/mol. The van der Waals surface area contributed by atoms with Gasteiger partial charge in [-0.1, -0.05) is 27.7 Å². The van der Waals surface area contributed by atoms with Gasteiger partial charge in [-0.3, -0.25) is 4.79 Å². The summed E-state index contributed by atoms with van der Waals surface area (Å²) in [5, 5.41) is 0. The summed E-state index contributed by atoms with van der Waals surface area (Å²) in [6.45, 7) is 11.5. The average molecular weight is 254 g/mol. The first-order chi connectivity index (χ1) is 8.36. The Morgan fingerprint density at radius 3 is 2.33 bits per heavy atom. The first-order valence-electron chi connectivity index (χ1n) is 7.35. The van der Waals surface area contributed by atoms with E-state index in [9.17, 15) is 4.79 Å². The Balaban J connectivity index is 2.40. The van der Waals surface area contributed by atoms with Gasteiger partial charge in [0.2, 0.25) is 5.91 Å². The number of hydrogen-bond donors (Lipinski definition) is 1. The highest BCUT2D eigenvalue weighted by atomic mass is 16.2. The van der Waals surface area contributed by atoms with Gasteiger partial charge in [0.25, 0.3) is 0 Å². The summed E-state index contributed by atoms with van der Waals surface area (Å²) in [6.07, 6.45) is 4.18. The van der Waals surface area contributed by atoms with Gasteiger partial charge in [0.15, 0.2) is 0 Å². The van der Waals surface area contributed by atoms with Crippen LogP contribution in [0.3, 0.4) is 0 Å². The van der Waals surface area contributed by atoms with Crippen molar-refractivity contribution in [3.8, 4) is 0 Å². The van der Waals surface area contributed by atoms with Crippen molar-refractivity contribution in [1.29, 1.82) is 0 Å². The third kappa shape index (κ3) is 4.27. The maximum absolute atomic E-state index is 12.2. The van der Waals surface area contributed by atoms with Crippen molar-refractivity contribution in [2.24, 2.45) is 23.0 Å². The minimum Gasteiger partial charge on any atom is -0.342 e. The largest absolute Gasteiger partial charge is 0.342 e. The Bertz CT molecular complexity index is 262. The molecule has 1 heterocycles. The number of amides is 1. The minimum absolute atomic E-state index is 0.139. The molecule has 0 radical (unpaired) electrons. The van der Waals surface area contributed by atoms with Crippen molar-refractivity contribution < 1.29 is 4.79 Å². The molecular formula is C15H30N2O. The lowest BCUT2D eigenvalue weighted by Crippen LogP contribution is -2.43. The zero-order valence-corrected chi connectivity index (χ0v) is 12.5. The fraction of sp³-hybridized carbons (Fsp3) is 0.933. The smallest absolute Gasteiger partial charge is 0.225 e. The van der Waals surface area contributed by atoms with Gasteiger partial charge in [-0.05, 0) is 43.6 Å². The number of carbonyl (C=O) groups is 1. The molecule has 1 aliphatic heterocycles. The van der Waals surface area contributed by atoms with E-state index in [1.165, 1.54) is 0 Å². The summed E-state index contributed by atoms with van der Waals surface area (Å²) in [5.41, 5.74) is 5.87. The second-order valence-electron chi connectivity index (χ2n) is 6.80. The van der Waals surface area contributed by atoms with E-state index in [-0.39, 0.29) is 5.92 Å². The molecule has 2 N–H and O–H groups in total. The van der Waals surface area contributed by atoms with Gasteiger partial charge in [0.1, 0.15) is 0 Å². The molecule has 1 aliphatic rings. The molecule has 0 aromatic carbocycles. The van der Waals surface area contributed by atoms with Crippen LogP contribution in [0.2, 0.25) is 0 Å². The van der Waals surface area contributed by atoms with E-state index >= 15 is 0 Å². The molecule has 3 nitrogen and oxygen atoms in total. The molecule has 3 heteroatoms. The third-order valence-corrected chi connectivity index (χ3v) is 4.29. The molecule has 106 valence electrons. The van der Waals surface area contributed by atoms with Crippen molar-refractivity contribution in [1.82, 2.24) is 4.90 Å². The number of rotatable bonds is 4. The first-order valence-corrected chi connectivity index (χ1v) is 7.35. The Labute approximate surface area is 112 Å². The van der Waals surface area contributed by atoms with E-state index in [0.29, 0.717) is 17.9 Å². The number of carbonyl (C=O) groups excluding carboxylic acids is 1. The normalized spacial score (nSPS) is 19.9. The number of nitrogens with two attached hydrogens (primary N) is 1. The molecule has 1 unspecified atom stereocenters. The minimum atomic E-state index is 0.139. The van der Waals surface area contributed by atoms with Gasteiger partial charge in [-0.2, -0.15) is 0 Å². The predicted octanol–water partition coefficient (Wildman–Crippen LogP) is 2.65. The third-order valence-electron chi connectivity index (χ3n) is 4.29. The van der Waals surface area contributed by atoms with Crippen LogP contribution in [0.5, 0.6) is 0 Å². The lowest BCUT2D eigenvalue weighted by atomic mass is 9.75. The summed E-state index contributed by atoms with van der Waals surface area (Å²) < 4.78 is 0. The van der Waals surface area contributed by atoms with Gasteiger partial charge in [0, 0.05) is 19.0 Å². The molecule has 1 rings (SSSR count). The highest BCUT2D eigenvalue weighted by Crippen LogP contribution is 2.34. The summed E-state index contributed by atoms with van der Waals surface area (Å²) in [5.74, 6) is 1.22. The van der Waals surface area contributed by atoms with E-state index in [4.69, 9.17) is 5.73 Å². The van der Waals surface area contributed by atoms with Crippen LogP contribution in [-0.4, -0.2) is 30.4 Å². The van der Waals surface area contributed by atoms with Crippen LogP contribution in [0.25, 0.3) is 0 Å². The van der Waals surface area contributed by atoms with Crippen molar-refractivity contribution in [3.63, 3.8) is 0 Å². The Morgan fingerprint density at radius 2 is 1.89 bits per heavy atom. The predicted molar refractivity (Wildman–Crippen MR) is 76.2 cm³/mol. The maximum Gasteiger partial charge on any atom is 0.225 e. The number of nitrogens with zero attached hydrogens (tertiary/aromatic N) is 1. The van der Waals surface area contributed by atoms with Gasteiger partial charge >= 0.3 is 0 Å². The molecule has 0 bridgehead atoms. The zero-order chi connectivity index (χ0) is 13.8. The van der Waals surface area contributed by atoms with E-state index in [1.807, 2.05) is 6.92 Å². The topological polar surface area (TPSA) is 46.3 Å². The molecule has 0 aliphatic carbocycles. The standard InChI is InChI=1S/C15H30N2O/c1-12(6-5-9-16)14(18)17-10-7-13(8-11-17)15(2,3)4/h12-13H,5-11,16H2,1-4H3. The molecular weight excluding hydrogens is 224 g/mol. The molecule has 0 spiro atoms. The maximum atomic E-state index is 12.2. The van der Waals surface area contributed by atoms with Gasteiger partial charge < -0.3 is 10.6 Å². The average Bonchev–Trinajstić information content (AvgIpc) is 2.34. The number of piperidine rings is 1. The number of hydrogen-bond acceptors (Lipinski definition) is 2. The second-order valence-corrected chi connectivity index (χ2v) is 6.80. The molecule has 0 aromatic heterocycles. The molecule has 18 heavy (non-hydrogen) atoms.